The minimum atomic E-state index is -0.561. The van der Waals surface area contributed by atoms with Crippen molar-refractivity contribution < 1.29 is 9.90 Å². The molecule has 0 fully saturated rings. The predicted molar refractivity (Wildman–Crippen MR) is 138 cm³/mol. The fourth-order valence-electron chi connectivity index (χ4n) is 5.03. The highest BCUT2D eigenvalue weighted by Gasteiger charge is 2.27. The van der Waals surface area contributed by atoms with E-state index in [1.807, 2.05) is 0 Å². The summed E-state index contributed by atoms with van der Waals surface area (Å²) in [7, 11) is 0. The summed E-state index contributed by atoms with van der Waals surface area (Å²) in [4.78, 5) is 11.9. The number of aliphatic carboxylic acids is 1. The summed E-state index contributed by atoms with van der Waals surface area (Å²) in [6.07, 6.45) is 24.4. The van der Waals surface area contributed by atoms with Gasteiger partial charge in [0.05, 0.1) is 5.92 Å². The Labute approximate surface area is 196 Å². The molecular formula is C29H58O2. The minimum Gasteiger partial charge on any atom is -0.481 e. The lowest BCUT2D eigenvalue weighted by molar-refractivity contribution is -0.144. The smallest absolute Gasteiger partial charge is 0.306 e. The average molecular weight is 439 g/mol. The van der Waals surface area contributed by atoms with Gasteiger partial charge in [0.15, 0.2) is 0 Å². The maximum atomic E-state index is 11.9. The Morgan fingerprint density at radius 3 is 1.52 bits per heavy atom. The molecule has 0 amide bonds. The molecule has 0 saturated carbocycles. The zero-order valence-electron chi connectivity index (χ0n) is 22.1. The van der Waals surface area contributed by atoms with Crippen LogP contribution in [-0.4, -0.2) is 11.1 Å². The Bertz CT molecular complexity index is 390. The van der Waals surface area contributed by atoms with Gasteiger partial charge >= 0.3 is 5.97 Å². The van der Waals surface area contributed by atoms with E-state index in [0.717, 1.165) is 18.8 Å². The average Bonchev–Trinajstić information content (AvgIpc) is 2.72. The van der Waals surface area contributed by atoms with E-state index in [9.17, 15) is 9.90 Å². The van der Waals surface area contributed by atoms with E-state index in [1.54, 1.807) is 0 Å². The third-order valence-electron chi connectivity index (χ3n) is 7.20. The lowest BCUT2D eigenvalue weighted by atomic mass is 9.80. The zero-order chi connectivity index (χ0) is 23.3. The van der Waals surface area contributed by atoms with Gasteiger partial charge < -0.3 is 5.11 Å². The van der Waals surface area contributed by atoms with Crippen molar-refractivity contribution in [1.29, 1.82) is 0 Å². The van der Waals surface area contributed by atoms with Crippen LogP contribution in [0, 0.1) is 23.7 Å². The van der Waals surface area contributed by atoms with Crippen molar-refractivity contribution in [3.05, 3.63) is 0 Å². The Hall–Kier alpha value is -0.530. The van der Waals surface area contributed by atoms with Gasteiger partial charge in [0, 0.05) is 0 Å². The number of hydrogen-bond acceptors (Lipinski definition) is 1. The highest BCUT2D eigenvalue weighted by molar-refractivity contribution is 5.70. The van der Waals surface area contributed by atoms with E-state index in [1.165, 1.54) is 109 Å². The van der Waals surface area contributed by atoms with Crippen LogP contribution in [-0.2, 0) is 4.79 Å². The standard InChI is InChI=1S/C29H58O2/c1-6-8-23-27(20-7-2)24-28(29(30)31)26(5)22-19-17-15-13-11-9-10-12-14-16-18-21-25(3)4/h25-28H,6-24H2,1-5H3,(H,30,31). The van der Waals surface area contributed by atoms with E-state index < -0.39 is 5.97 Å². The van der Waals surface area contributed by atoms with Crippen LogP contribution >= 0.6 is 0 Å². The Morgan fingerprint density at radius 2 is 1.10 bits per heavy atom. The van der Waals surface area contributed by atoms with Crippen LogP contribution in [0.2, 0.25) is 0 Å². The second-order valence-corrected chi connectivity index (χ2v) is 10.8. The zero-order valence-corrected chi connectivity index (χ0v) is 22.1. The van der Waals surface area contributed by atoms with Gasteiger partial charge in [-0.25, -0.2) is 0 Å². The number of unbranched alkanes of at least 4 members (excludes halogenated alkanes) is 11. The molecule has 1 N–H and O–H groups in total. The molecule has 3 atom stereocenters. The van der Waals surface area contributed by atoms with E-state index >= 15 is 0 Å². The van der Waals surface area contributed by atoms with Gasteiger partial charge in [0.25, 0.3) is 0 Å². The van der Waals surface area contributed by atoms with Crippen molar-refractivity contribution >= 4 is 5.97 Å². The number of carbonyl (C=O) groups is 1. The van der Waals surface area contributed by atoms with Crippen molar-refractivity contribution in [2.45, 2.75) is 157 Å². The first-order valence-electron chi connectivity index (χ1n) is 14.1. The Kier molecular flexibility index (Phi) is 21.0. The molecule has 31 heavy (non-hydrogen) atoms. The van der Waals surface area contributed by atoms with Gasteiger partial charge in [0.2, 0.25) is 0 Å². The van der Waals surface area contributed by atoms with Crippen LogP contribution in [0.15, 0.2) is 0 Å². The topological polar surface area (TPSA) is 37.3 Å². The van der Waals surface area contributed by atoms with Crippen LogP contribution in [0.3, 0.4) is 0 Å². The second-order valence-electron chi connectivity index (χ2n) is 10.8. The first kappa shape index (κ1) is 30.5. The summed E-state index contributed by atoms with van der Waals surface area (Å²) in [5.41, 5.74) is 0. The molecule has 0 aliphatic rings. The van der Waals surface area contributed by atoms with Crippen molar-refractivity contribution in [3.8, 4) is 0 Å². The van der Waals surface area contributed by atoms with E-state index in [0.29, 0.717) is 11.8 Å². The molecule has 0 aliphatic carbocycles. The summed E-state index contributed by atoms with van der Waals surface area (Å²) in [5.74, 6) is 1.07. The maximum absolute atomic E-state index is 11.9. The molecule has 2 nitrogen and oxygen atoms in total. The molecule has 2 heteroatoms. The van der Waals surface area contributed by atoms with E-state index in [4.69, 9.17) is 0 Å². The lowest BCUT2D eigenvalue weighted by Crippen LogP contribution is -2.25. The van der Waals surface area contributed by atoms with Gasteiger partial charge in [0.1, 0.15) is 0 Å². The molecule has 0 bridgehead atoms. The number of carboxylic acid groups (broad SMARTS) is 1. The highest BCUT2D eigenvalue weighted by atomic mass is 16.4. The number of rotatable bonds is 23. The van der Waals surface area contributed by atoms with Crippen LogP contribution in [0.5, 0.6) is 0 Å². The van der Waals surface area contributed by atoms with Crippen LogP contribution in [0.25, 0.3) is 0 Å². The normalized spacial score (nSPS) is 14.6. The summed E-state index contributed by atoms with van der Waals surface area (Å²) >= 11 is 0. The third-order valence-corrected chi connectivity index (χ3v) is 7.20. The molecule has 0 aromatic carbocycles. The summed E-state index contributed by atoms with van der Waals surface area (Å²) < 4.78 is 0. The molecule has 0 aromatic rings. The highest BCUT2D eigenvalue weighted by Crippen LogP contribution is 2.30. The molecule has 0 saturated heterocycles. The molecular weight excluding hydrogens is 380 g/mol. The molecule has 0 heterocycles. The first-order valence-corrected chi connectivity index (χ1v) is 14.1. The summed E-state index contributed by atoms with van der Waals surface area (Å²) in [6, 6.07) is 0. The molecule has 3 unspecified atom stereocenters. The fourth-order valence-corrected chi connectivity index (χ4v) is 5.03. The van der Waals surface area contributed by atoms with Crippen LogP contribution in [0.4, 0.5) is 0 Å². The lowest BCUT2D eigenvalue weighted by Gasteiger charge is -2.25. The molecule has 0 aromatic heterocycles. The minimum absolute atomic E-state index is 0.144. The SMILES string of the molecule is CCCCC(CCC)CC(C(=O)O)C(C)CCCCCCCCCCCCCC(C)C. The number of hydrogen-bond donors (Lipinski definition) is 1. The Balaban J connectivity index is 3.82. The first-order chi connectivity index (χ1) is 14.9. The molecule has 0 aliphatic heterocycles. The van der Waals surface area contributed by atoms with Gasteiger partial charge in [-0.1, -0.05) is 144 Å². The fraction of sp³-hybridized carbons (Fsp3) is 0.966. The summed E-state index contributed by atoms with van der Waals surface area (Å²) in [5, 5.41) is 9.80. The largest absolute Gasteiger partial charge is 0.481 e. The van der Waals surface area contributed by atoms with Gasteiger partial charge in [-0.2, -0.15) is 0 Å². The Morgan fingerprint density at radius 1 is 0.613 bits per heavy atom. The van der Waals surface area contributed by atoms with Gasteiger partial charge in [-0.3, -0.25) is 4.79 Å². The van der Waals surface area contributed by atoms with Crippen molar-refractivity contribution in [2.24, 2.45) is 23.7 Å². The molecule has 0 spiro atoms. The summed E-state index contributed by atoms with van der Waals surface area (Å²) in [6.45, 7) is 11.3. The van der Waals surface area contributed by atoms with Crippen molar-refractivity contribution in [2.75, 3.05) is 0 Å². The van der Waals surface area contributed by atoms with Crippen LogP contribution in [0.1, 0.15) is 157 Å². The van der Waals surface area contributed by atoms with Gasteiger partial charge in [-0.05, 0) is 30.6 Å². The maximum Gasteiger partial charge on any atom is 0.306 e. The second kappa shape index (κ2) is 21.3. The molecule has 0 rings (SSSR count). The quantitative estimate of drug-likeness (QED) is 0.161. The van der Waals surface area contributed by atoms with Crippen molar-refractivity contribution in [1.82, 2.24) is 0 Å². The van der Waals surface area contributed by atoms with E-state index in [2.05, 4.69) is 34.6 Å². The molecule has 186 valence electrons. The number of carboxylic acids is 1. The van der Waals surface area contributed by atoms with Crippen LogP contribution < -0.4 is 0 Å². The monoisotopic (exact) mass is 438 g/mol. The van der Waals surface area contributed by atoms with E-state index in [-0.39, 0.29) is 5.92 Å². The molecule has 0 radical (unpaired) electrons. The third kappa shape index (κ3) is 18.7. The van der Waals surface area contributed by atoms with Crippen molar-refractivity contribution in [3.63, 3.8) is 0 Å². The van der Waals surface area contributed by atoms with Gasteiger partial charge in [-0.15, -0.1) is 0 Å². The predicted octanol–water partition coefficient (Wildman–Crippen LogP) is 10.0.